The normalized spacial score (nSPS) is 15.8. The number of hydrogen-bond acceptors (Lipinski definition) is 4. The maximum atomic E-state index is 12.7. The summed E-state index contributed by atoms with van der Waals surface area (Å²) in [4.78, 5) is 27.8. The average Bonchev–Trinajstić information content (AvgIpc) is 2.61. The van der Waals surface area contributed by atoms with Crippen molar-refractivity contribution in [1.82, 2.24) is 9.80 Å². The van der Waals surface area contributed by atoms with Gasteiger partial charge >= 0.3 is 6.09 Å². The molecular weight excluding hydrogens is 308 g/mol. The van der Waals surface area contributed by atoms with Crippen molar-refractivity contribution in [3.8, 4) is 5.75 Å². The van der Waals surface area contributed by atoms with Crippen molar-refractivity contribution < 1.29 is 19.1 Å². The first-order valence-corrected chi connectivity index (χ1v) is 8.49. The van der Waals surface area contributed by atoms with Crippen molar-refractivity contribution in [1.29, 1.82) is 0 Å². The molecule has 6 heteroatoms. The van der Waals surface area contributed by atoms with E-state index in [1.54, 1.807) is 16.7 Å². The minimum Gasteiger partial charge on any atom is -0.480 e. The number of para-hydroxylation sites is 1. The highest BCUT2D eigenvalue weighted by atomic mass is 16.6. The van der Waals surface area contributed by atoms with Crippen LogP contribution in [0, 0.1) is 6.92 Å². The zero-order valence-electron chi connectivity index (χ0n) is 14.7. The highest BCUT2D eigenvalue weighted by molar-refractivity contribution is 5.81. The molecule has 1 saturated heterocycles. The molecule has 1 aliphatic heterocycles. The molecule has 1 aromatic carbocycles. The van der Waals surface area contributed by atoms with Gasteiger partial charge in [0.25, 0.3) is 5.91 Å². The minimum absolute atomic E-state index is 0.0238. The fraction of sp³-hybridized carbons (Fsp3) is 0.556. The van der Waals surface area contributed by atoms with Crippen LogP contribution in [0.5, 0.6) is 5.75 Å². The second kappa shape index (κ2) is 8.57. The van der Waals surface area contributed by atoms with Crippen molar-refractivity contribution in [2.45, 2.75) is 33.3 Å². The summed E-state index contributed by atoms with van der Waals surface area (Å²) in [5.74, 6) is 0.715. The largest absolute Gasteiger partial charge is 0.480 e. The van der Waals surface area contributed by atoms with Gasteiger partial charge in [0.15, 0.2) is 6.10 Å². The van der Waals surface area contributed by atoms with Crippen LogP contribution in [0.15, 0.2) is 24.3 Å². The number of aryl methyl sites for hydroxylation is 1. The fourth-order valence-corrected chi connectivity index (χ4v) is 2.68. The number of nitrogens with zero attached hydrogens (tertiary/aromatic N) is 2. The maximum absolute atomic E-state index is 12.7. The third-order valence-corrected chi connectivity index (χ3v) is 4.13. The van der Waals surface area contributed by atoms with Crippen molar-refractivity contribution in [3.63, 3.8) is 0 Å². The second-order valence-electron chi connectivity index (χ2n) is 5.79. The SMILES string of the molecule is CCOC(=O)N1CCN(C(=O)[C@H](CC)Oc2ccccc2C)CC1. The molecule has 0 bridgehead atoms. The van der Waals surface area contributed by atoms with E-state index in [-0.39, 0.29) is 12.0 Å². The van der Waals surface area contributed by atoms with Gasteiger partial charge in [-0.1, -0.05) is 25.1 Å². The Kier molecular flexibility index (Phi) is 6.46. The molecule has 6 nitrogen and oxygen atoms in total. The molecule has 0 aromatic heterocycles. The van der Waals surface area contributed by atoms with Crippen molar-refractivity contribution >= 4 is 12.0 Å². The lowest BCUT2D eigenvalue weighted by Crippen LogP contribution is -2.53. The summed E-state index contributed by atoms with van der Waals surface area (Å²) < 4.78 is 10.9. The lowest BCUT2D eigenvalue weighted by molar-refractivity contribution is -0.140. The van der Waals surface area contributed by atoms with E-state index in [9.17, 15) is 9.59 Å². The summed E-state index contributed by atoms with van der Waals surface area (Å²) in [6.45, 7) is 8.04. The van der Waals surface area contributed by atoms with Crippen molar-refractivity contribution in [2.24, 2.45) is 0 Å². The Morgan fingerprint density at radius 3 is 2.29 bits per heavy atom. The van der Waals surface area contributed by atoms with Gasteiger partial charge in [-0.2, -0.15) is 0 Å². The van der Waals surface area contributed by atoms with Crippen LogP contribution in [0.4, 0.5) is 4.79 Å². The number of amides is 2. The van der Waals surface area contributed by atoms with Gasteiger partial charge in [0.05, 0.1) is 6.61 Å². The maximum Gasteiger partial charge on any atom is 0.409 e. The van der Waals surface area contributed by atoms with Gasteiger partial charge in [0, 0.05) is 26.2 Å². The monoisotopic (exact) mass is 334 g/mol. The van der Waals surface area contributed by atoms with Crippen LogP contribution >= 0.6 is 0 Å². The highest BCUT2D eigenvalue weighted by Crippen LogP contribution is 2.20. The lowest BCUT2D eigenvalue weighted by atomic mass is 10.2. The van der Waals surface area contributed by atoms with Crippen LogP contribution in [0.25, 0.3) is 0 Å². The van der Waals surface area contributed by atoms with Crippen LogP contribution in [0.1, 0.15) is 25.8 Å². The van der Waals surface area contributed by atoms with E-state index in [1.165, 1.54) is 0 Å². The Morgan fingerprint density at radius 2 is 1.71 bits per heavy atom. The molecule has 0 aliphatic carbocycles. The smallest absolute Gasteiger partial charge is 0.409 e. The first-order valence-electron chi connectivity index (χ1n) is 8.49. The molecule has 0 spiro atoms. The molecule has 24 heavy (non-hydrogen) atoms. The van der Waals surface area contributed by atoms with Crippen molar-refractivity contribution in [2.75, 3.05) is 32.8 Å². The third-order valence-electron chi connectivity index (χ3n) is 4.13. The molecular formula is C18H26N2O4. The number of hydrogen-bond donors (Lipinski definition) is 0. The van der Waals surface area contributed by atoms with Gasteiger partial charge < -0.3 is 19.3 Å². The third kappa shape index (κ3) is 4.40. The van der Waals surface area contributed by atoms with Gasteiger partial charge in [-0.05, 0) is 31.9 Å². The van der Waals surface area contributed by atoms with Crippen LogP contribution < -0.4 is 4.74 Å². The Balaban J connectivity index is 1.93. The van der Waals surface area contributed by atoms with Gasteiger partial charge in [0.1, 0.15) is 5.75 Å². The number of ether oxygens (including phenoxy) is 2. The van der Waals surface area contributed by atoms with Crippen molar-refractivity contribution in [3.05, 3.63) is 29.8 Å². The molecule has 1 heterocycles. The molecule has 0 saturated carbocycles. The number of carbonyl (C=O) groups excluding carboxylic acids is 2. The average molecular weight is 334 g/mol. The second-order valence-corrected chi connectivity index (χ2v) is 5.79. The predicted molar refractivity (Wildman–Crippen MR) is 91.1 cm³/mol. The minimum atomic E-state index is -0.500. The van der Waals surface area contributed by atoms with Gasteiger partial charge in [0.2, 0.25) is 0 Å². The topological polar surface area (TPSA) is 59.1 Å². The van der Waals surface area contributed by atoms with Gasteiger partial charge in [-0.15, -0.1) is 0 Å². The number of piperazine rings is 1. The molecule has 132 valence electrons. The highest BCUT2D eigenvalue weighted by Gasteiger charge is 2.29. The first kappa shape index (κ1) is 18.1. The standard InChI is InChI=1S/C18H26N2O4/c1-4-15(24-16-9-7-6-8-14(16)3)17(21)19-10-12-20(13-11-19)18(22)23-5-2/h6-9,15H,4-5,10-13H2,1-3H3/t15-/m0/s1. The Morgan fingerprint density at radius 1 is 1.08 bits per heavy atom. The van der Waals surface area contributed by atoms with Crippen LogP contribution in [-0.2, 0) is 9.53 Å². The summed E-state index contributed by atoms with van der Waals surface area (Å²) in [5, 5.41) is 0. The van der Waals surface area contributed by atoms with E-state index in [0.717, 1.165) is 11.3 Å². The van der Waals surface area contributed by atoms with Gasteiger partial charge in [-0.25, -0.2) is 4.79 Å². The molecule has 1 atom stereocenters. The quantitative estimate of drug-likeness (QED) is 0.830. The summed E-state index contributed by atoms with van der Waals surface area (Å²) in [6, 6.07) is 7.69. The number of rotatable bonds is 5. The first-order chi connectivity index (χ1) is 11.6. The molecule has 0 unspecified atom stereocenters. The number of benzene rings is 1. The molecule has 0 N–H and O–H groups in total. The lowest BCUT2D eigenvalue weighted by Gasteiger charge is -2.35. The molecule has 1 aromatic rings. The molecule has 1 fully saturated rings. The fourth-order valence-electron chi connectivity index (χ4n) is 2.68. The molecule has 2 rings (SSSR count). The Hall–Kier alpha value is -2.24. The van der Waals surface area contributed by atoms with E-state index in [2.05, 4.69) is 0 Å². The zero-order valence-corrected chi connectivity index (χ0v) is 14.7. The van der Waals surface area contributed by atoms with Crippen LogP contribution in [0.2, 0.25) is 0 Å². The van der Waals surface area contributed by atoms with Crippen LogP contribution in [-0.4, -0.2) is 60.7 Å². The summed E-state index contributed by atoms with van der Waals surface area (Å²) in [5.41, 5.74) is 1.01. The van der Waals surface area contributed by atoms with E-state index < -0.39 is 6.10 Å². The van der Waals surface area contributed by atoms with E-state index in [1.807, 2.05) is 38.1 Å². The Bertz CT molecular complexity index is 568. The van der Waals surface area contributed by atoms with Crippen LogP contribution in [0.3, 0.4) is 0 Å². The predicted octanol–water partition coefficient (Wildman–Crippen LogP) is 2.45. The Labute approximate surface area is 143 Å². The summed E-state index contributed by atoms with van der Waals surface area (Å²) in [6.07, 6.45) is -0.210. The van der Waals surface area contributed by atoms with E-state index in [0.29, 0.717) is 39.2 Å². The summed E-state index contributed by atoms with van der Waals surface area (Å²) >= 11 is 0. The molecule has 2 amide bonds. The zero-order chi connectivity index (χ0) is 17.5. The van der Waals surface area contributed by atoms with E-state index >= 15 is 0 Å². The number of carbonyl (C=O) groups is 2. The molecule has 0 radical (unpaired) electrons. The van der Waals surface area contributed by atoms with E-state index in [4.69, 9.17) is 9.47 Å². The van der Waals surface area contributed by atoms with Gasteiger partial charge in [-0.3, -0.25) is 4.79 Å². The summed E-state index contributed by atoms with van der Waals surface area (Å²) in [7, 11) is 0. The molecule has 1 aliphatic rings.